The normalized spacial score (nSPS) is 9.50. The van der Waals surface area contributed by atoms with E-state index in [1.165, 1.54) is 0 Å². The molecule has 0 radical (unpaired) electrons. The van der Waals surface area contributed by atoms with E-state index in [1.807, 2.05) is 0 Å². The number of primary amides is 1. The van der Waals surface area contributed by atoms with Gasteiger partial charge in [0.1, 0.15) is 0 Å². The van der Waals surface area contributed by atoms with Gasteiger partial charge in [-0.3, -0.25) is 9.59 Å². The molecule has 5 heteroatoms. The van der Waals surface area contributed by atoms with Crippen molar-refractivity contribution in [1.82, 2.24) is 5.32 Å². The van der Waals surface area contributed by atoms with Gasteiger partial charge in [-0.05, 0) is 48.5 Å². The second-order valence-corrected chi connectivity index (χ2v) is 5.35. The first-order valence-corrected chi connectivity index (χ1v) is 7.28. The van der Waals surface area contributed by atoms with Gasteiger partial charge in [-0.1, -0.05) is 27.8 Å². The van der Waals surface area contributed by atoms with Gasteiger partial charge >= 0.3 is 0 Å². The third-order valence-corrected chi connectivity index (χ3v) is 3.37. The van der Waals surface area contributed by atoms with Crippen molar-refractivity contribution in [3.63, 3.8) is 0 Å². The SMILES string of the molecule is NC(=O)c1ccc(C#CCNC(=O)c2ccc(Br)cc2)cc1. The van der Waals surface area contributed by atoms with Crippen LogP contribution in [0, 0.1) is 11.8 Å². The van der Waals surface area contributed by atoms with Gasteiger partial charge in [0.05, 0.1) is 6.54 Å². The van der Waals surface area contributed by atoms with Crippen molar-refractivity contribution in [1.29, 1.82) is 0 Å². The van der Waals surface area contributed by atoms with Crippen molar-refractivity contribution in [2.75, 3.05) is 6.54 Å². The van der Waals surface area contributed by atoms with Crippen molar-refractivity contribution < 1.29 is 9.59 Å². The van der Waals surface area contributed by atoms with Gasteiger partial charge in [-0.15, -0.1) is 0 Å². The molecule has 0 bridgehead atoms. The van der Waals surface area contributed by atoms with Gasteiger partial charge in [-0.25, -0.2) is 0 Å². The lowest BCUT2D eigenvalue weighted by Gasteiger charge is -2.01. The number of amides is 2. The van der Waals surface area contributed by atoms with Crippen LogP contribution in [-0.2, 0) is 0 Å². The third-order valence-electron chi connectivity index (χ3n) is 2.85. The maximum absolute atomic E-state index is 11.8. The summed E-state index contributed by atoms with van der Waals surface area (Å²) in [7, 11) is 0. The lowest BCUT2D eigenvalue weighted by atomic mass is 10.1. The molecule has 0 saturated carbocycles. The Kier molecular flexibility index (Phi) is 5.34. The fourth-order valence-corrected chi connectivity index (χ4v) is 1.96. The van der Waals surface area contributed by atoms with Crippen molar-refractivity contribution in [2.24, 2.45) is 5.73 Å². The Hall–Kier alpha value is -2.58. The van der Waals surface area contributed by atoms with Crippen LogP contribution in [0.3, 0.4) is 0 Å². The second kappa shape index (κ2) is 7.43. The Morgan fingerprint density at radius 2 is 1.59 bits per heavy atom. The summed E-state index contributed by atoms with van der Waals surface area (Å²) in [6.07, 6.45) is 0. The number of benzene rings is 2. The maximum Gasteiger partial charge on any atom is 0.252 e. The summed E-state index contributed by atoms with van der Waals surface area (Å²) in [6.45, 7) is 0.243. The predicted octanol–water partition coefficient (Wildman–Crippen LogP) is 2.33. The molecule has 4 nitrogen and oxygen atoms in total. The Labute approximate surface area is 136 Å². The number of carbonyl (C=O) groups excluding carboxylic acids is 2. The Bertz CT molecular complexity index is 741. The molecule has 2 aromatic carbocycles. The fourth-order valence-electron chi connectivity index (χ4n) is 1.69. The molecule has 0 unspecified atom stereocenters. The van der Waals surface area contributed by atoms with Crippen LogP contribution in [0.25, 0.3) is 0 Å². The van der Waals surface area contributed by atoms with E-state index in [1.54, 1.807) is 48.5 Å². The first kappa shape index (κ1) is 15.8. The van der Waals surface area contributed by atoms with Crippen LogP contribution < -0.4 is 11.1 Å². The standard InChI is InChI=1S/C17H13BrN2O2/c18-15-9-7-14(8-10-15)17(22)20-11-1-2-12-3-5-13(6-4-12)16(19)21/h3-10H,11H2,(H2,19,21)(H,20,22). The van der Waals surface area contributed by atoms with Crippen molar-refractivity contribution >= 4 is 27.7 Å². The van der Waals surface area contributed by atoms with Crippen LogP contribution in [0.15, 0.2) is 53.0 Å². The molecule has 0 heterocycles. The fraction of sp³-hybridized carbons (Fsp3) is 0.0588. The molecule has 0 atom stereocenters. The number of nitrogens with one attached hydrogen (secondary N) is 1. The number of carbonyl (C=O) groups is 2. The minimum absolute atomic E-state index is 0.175. The average molecular weight is 357 g/mol. The van der Waals surface area contributed by atoms with E-state index in [4.69, 9.17) is 5.73 Å². The number of halogens is 1. The van der Waals surface area contributed by atoms with Crippen LogP contribution in [0.1, 0.15) is 26.3 Å². The van der Waals surface area contributed by atoms with Gasteiger partial charge in [-0.2, -0.15) is 0 Å². The molecular weight excluding hydrogens is 344 g/mol. The highest BCUT2D eigenvalue weighted by Gasteiger charge is 2.02. The van der Waals surface area contributed by atoms with E-state index in [2.05, 4.69) is 33.1 Å². The molecule has 0 aliphatic carbocycles. The Morgan fingerprint density at radius 1 is 1.00 bits per heavy atom. The van der Waals surface area contributed by atoms with Gasteiger partial charge in [0, 0.05) is 21.2 Å². The van der Waals surface area contributed by atoms with Crippen LogP contribution in [0.5, 0.6) is 0 Å². The monoisotopic (exact) mass is 356 g/mol. The highest BCUT2D eigenvalue weighted by Crippen LogP contribution is 2.10. The largest absolute Gasteiger partial charge is 0.366 e. The summed E-state index contributed by atoms with van der Waals surface area (Å²) in [5, 5.41) is 2.72. The summed E-state index contributed by atoms with van der Waals surface area (Å²) in [5.74, 6) is 5.11. The topological polar surface area (TPSA) is 72.2 Å². The number of rotatable bonds is 3. The molecule has 0 aliphatic rings. The summed E-state index contributed by atoms with van der Waals surface area (Å²) >= 11 is 3.32. The molecule has 0 saturated heterocycles. The molecule has 110 valence electrons. The molecule has 0 fully saturated rings. The number of nitrogens with two attached hydrogens (primary N) is 1. The van der Waals surface area contributed by atoms with Crippen LogP contribution in [0.4, 0.5) is 0 Å². The van der Waals surface area contributed by atoms with Crippen molar-refractivity contribution in [3.05, 3.63) is 69.7 Å². The van der Waals surface area contributed by atoms with E-state index < -0.39 is 5.91 Å². The molecule has 2 rings (SSSR count). The predicted molar refractivity (Wildman–Crippen MR) is 88.3 cm³/mol. The molecule has 3 N–H and O–H groups in total. The third kappa shape index (κ3) is 4.47. The summed E-state index contributed by atoms with van der Waals surface area (Å²) in [5.41, 5.74) is 6.93. The van der Waals surface area contributed by atoms with E-state index in [0.717, 1.165) is 10.0 Å². The van der Waals surface area contributed by atoms with Gasteiger partial charge in [0.2, 0.25) is 5.91 Å². The van der Waals surface area contributed by atoms with Crippen molar-refractivity contribution in [3.8, 4) is 11.8 Å². The molecule has 0 aromatic heterocycles. The van der Waals surface area contributed by atoms with Crippen LogP contribution in [0.2, 0.25) is 0 Å². The highest BCUT2D eigenvalue weighted by atomic mass is 79.9. The molecule has 0 spiro atoms. The minimum atomic E-state index is -0.471. The van der Waals surface area contributed by atoms with Crippen molar-refractivity contribution in [2.45, 2.75) is 0 Å². The second-order valence-electron chi connectivity index (χ2n) is 4.43. The lowest BCUT2D eigenvalue weighted by molar-refractivity contribution is 0.0957. The summed E-state index contributed by atoms with van der Waals surface area (Å²) < 4.78 is 0.920. The van der Waals surface area contributed by atoms with Gasteiger partial charge < -0.3 is 11.1 Å². The minimum Gasteiger partial charge on any atom is -0.366 e. The number of hydrogen-bond donors (Lipinski definition) is 2. The van der Waals surface area contributed by atoms with Gasteiger partial charge in [0.15, 0.2) is 0 Å². The van der Waals surface area contributed by atoms with E-state index in [-0.39, 0.29) is 12.5 Å². The van der Waals surface area contributed by atoms with Gasteiger partial charge in [0.25, 0.3) is 5.91 Å². The molecule has 22 heavy (non-hydrogen) atoms. The summed E-state index contributed by atoms with van der Waals surface area (Å²) in [4.78, 5) is 22.8. The molecule has 2 aromatic rings. The molecule has 0 aliphatic heterocycles. The van der Waals surface area contributed by atoms with Crippen LogP contribution in [-0.4, -0.2) is 18.4 Å². The maximum atomic E-state index is 11.8. The first-order chi connectivity index (χ1) is 10.6. The quantitative estimate of drug-likeness (QED) is 0.828. The highest BCUT2D eigenvalue weighted by molar-refractivity contribution is 9.10. The lowest BCUT2D eigenvalue weighted by Crippen LogP contribution is -2.23. The first-order valence-electron chi connectivity index (χ1n) is 6.49. The molecular formula is C17H13BrN2O2. The van der Waals surface area contributed by atoms with E-state index >= 15 is 0 Å². The van der Waals surface area contributed by atoms with E-state index in [0.29, 0.717) is 11.1 Å². The zero-order chi connectivity index (χ0) is 15.9. The zero-order valence-corrected chi connectivity index (χ0v) is 13.2. The van der Waals surface area contributed by atoms with Crippen LogP contribution >= 0.6 is 15.9 Å². The average Bonchev–Trinajstić information content (AvgIpc) is 2.52. The number of hydrogen-bond acceptors (Lipinski definition) is 2. The zero-order valence-electron chi connectivity index (χ0n) is 11.6. The van der Waals surface area contributed by atoms with E-state index in [9.17, 15) is 9.59 Å². The Morgan fingerprint density at radius 3 is 2.18 bits per heavy atom. The Balaban J connectivity index is 1.89. The molecule has 2 amide bonds. The smallest absolute Gasteiger partial charge is 0.252 e. The summed E-state index contributed by atoms with van der Waals surface area (Å²) in [6, 6.07) is 13.7.